The molecule has 1 fully saturated rings. The van der Waals surface area contributed by atoms with E-state index in [1.165, 1.54) is 11.8 Å². The van der Waals surface area contributed by atoms with Crippen LogP contribution in [0.15, 0.2) is 54.0 Å². The van der Waals surface area contributed by atoms with Crippen molar-refractivity contribution in [3.05, 3.63) is 59.5 Å². The number of hydrogen-bond acceptors (Lipinski definition) is 4. The molecule has 1 aliphatic heterocycles. The maximum Gasteiger partial charge on any atom is 0.266 e. The van der Waals surface area contributed by atoms with E-state index in [0.29, 0.717) is 22.4 Å². The molecule has 0 bridgehead atoms. The predicted octanol–water partition coefficient (Wildman–Crippen LogP) is 5.02. The van der Waals surface area contributed by atoms with Crippen molar-refractivity contribution in [2.75, 3.05) is 13.2 Å². The summed E-state index contributed by atoms with van der Waals surface area (Å²) in [4.78, 5) is 14.8. The van der Waals surface area contributed by atoms with Crippen LogP contribution in [-0.2, 0) is 4.79 Å². The Hall–Kier alpha value is -2.11. The van der Waals surface area contributed by atoms with Crippen molar-refractivity contribution >= 4 is 51.1 Å². The van der Waals surface area contributed by atoms with Gasteiger partial charge in [0, 0.05) is 12.1 Å². The zero-order valence-corrected chi connectivity index (χ0v) is 15.7. The van der Waals surface area contributed by atoms with Gasteiger partial charge in [-0.3, -0.25) is 9.69 Å². The lowest BCUT2D eigenvalue weighted by Crippen LogP contribution is -2.27. The molecule has 0 saturated carbocycles. The Morgan fingerprint density at radius 3 is 2.84 bits per heavy atom. The Bertz CT molecular complexity index is 873. The molecule has 2 aromatic carbocycles. The first-order chi connectivity index (χ1) is 12.2. The number of hydrogen-bond donors (Lipinski definition) is 0. The van der Waals surface area contributed by atoms with Gasteiger partial charge in [-0.25, -0.2) is 0 Å². The third-order valence-electron chi connectivity index (χ3n) is 3.85. The zero-order chi connectivity index (χ0) is 17.8. The second-order valence-corrected chi connectivity index (χ2v) is 7.30. The van der Waals surface area contributed by atoms with E-state index in [1.54, 1.807) is 11.0 Å². The molecule has 0 atom stereocenters. The van der Waals surface area contributed by atoms with Crippen molar-refractivity contribution in [2.45, 2.75) is 13.3 Å². The highest BCUT2D eigenvalue weighted by Gasteiger charge is 2.31. The second-order valence-electron chi connectivity index (χ2n) is 5.63. The number of carbonyl (C=O) groups is 1. The summed E-state index contributed by atoms with van der Waals surface area (Å²) in [6.45, 7) is 6.82. The summed E-state index contributed by atoms with van der Waals surface area (Å²) in [7, 11) is 0. The molecule has 0 unspecified atom stereocenters. The SMILES string of the molecule is C=CCN1C(=O)C(=Cc2c(OCCC)ccc3ccccc23)SC1=S. The summed E-state index contributed by atoms with van der Waals surface area (Å²) in [6.07, 6.45) is 4.50. The Morgan fingerprint density at radius 1 is 1.28 bits per heavy atom. The molecular weight excluding hydrogens is 350 g/mol. The molecule has 0 radical (unpaired) electrons. The van der Waals surface area contributed by atoms with Gasteiger partial charge in [-0.05, 0) is 29.3 Å². The van der Waals surface area contributed by atoms with Gasteiger partial charge in [-0.15, -0.1) is 6.58 Å². The maximum absolute atomic E-state index is 12.6. The quantitative estimate of drug-likeness (QED) is 0.406. The van der Waals surface area contributed by atoms with E-state index in [-0.39, 0.29) is 5.91 Å². The summed E-state index contributed by atoms with van der Waals surface area (Å²) in [5.74, 6) is 0.707. The summed E-state index contributed by atoms with van der Waals surface area (Å²) in [6, 6.07) is 12.1. The van der Waals surface area contributed by atoms with Crippen molar-refractivity contribution in [3.63, 3.8) is 0 Å². The highest BCUT2D eigenvalue weighted by molar-refractivity contribution is 8.26. The topological polar surface area (TPSA) is 29.5 Å². The van der Waals surface area contributed by atoms with Gasteiger partial charge in [-0.1, -0.05) is 67.3 Å². The molecule has 0 N–H and O–H groups in total. The zero-order valence-electron chi connectivity index (χ0n) is 14.0. The number of thioether (sulfide) groups is 1. The van der Waals surface area contributed by atoms with Crippen LogP contribution in [0.3, 0.4) is 0 Å². The van der Waals surface area contributed by atoms with Crippen LogP contribution in [0.25, 0.3) is 16.8 Å². The Balaban J connectivity index is 2.09. The Morgan fingerprint density at radius 2 is 2.08 bits per heavy atom. The van der Waals surface area contributed by atoms with E-state index in [2.05, 4.69) is 19.6 Å². The fourth-order valence-corrected chi connectivity index (χ4v) is 3.94. The van der Waals surface area contributed by atoms with Gasteiger partial charge in [-0.2, -0.15) is 0 Å². The number of amides is 1. The minimum atomic E-state index is -0.0794. The molecule has 0 aromatic heterocycles. The normalized spacial score (nSPS) is 16.0. The molecular formula is C20H19NO2S2. The lowest BCUT2D eigenvalue weighted by atomic mass is 10.0. The molecule has 1 heterocycles. The number of fused-ring (bicyclic) bond motifs is 1. The van der Waals surface area contributed by atoms with Crippen molar-refractivity contribution in [1.82, 2.24) is 4.90 Å². The second kappa shape index (κ2) is 7.85. The van der Waals surface area contributed by atoms with Gasteiger partial charge in [0.25, 0.3) is 5.91 Å². The van der Waals surface area contributed by atoms with E-state index in [4.69, 9.17) is 17.0 Å². The smallest absolute Gasteiger partial charge is 0.266 e. The van der Waals surface area contributed by atoms with Crippen LogP contribution in [0, 0.1) is 0 Å². The predicted molar refractivity (Wildman–Crippen MR) is 110 cm³/mol. The van der Waals surface area contributed by atoms with Crippen molar-refractivity contribution in [3.8, 4) is 5.75 Å². The lowest BCUT2D eigenvalue weighted by molar-refractivity contribution is -0.121. The van der Waals surface area contributed by atoms with Gasteiger partial charge in [0.2, 0.25) is 0 Å². The molecule has 0 aliphatic carbocycles. The molecule has 0 spiro atoms. The summed E-state index contributed by atoms with van der Waals surface area (Å²) < 4.78 is 6.48. The van der Waals surface area contributed by atoms with E-state index in [1.807, 2.05) is 36.4 Å². The van der Waals surface area contributed by atoms with E-state index >= 15 is 0 Å². The minimum absolute atomic E-state index is 0.0794. The van der Waals surface area contributed by atoms with Gasteiger partial charge in [0.1, 0.15) is 10.1 Å². The number of nitrogens with zero attached hydrogens (tertiary/aromatic N) is 1. The van der Waals surface area contributed by atoms with Crippen LogP contribution < -0.4 is 4.74 Å². The highest BCUT2D eigenvalue weighted by Crippen LogP contribution is 2.36. The monoisotopic (exact) mass is 369 g/mol. The number of rotatable bonds is 6. The van der Waals surface area contributed by atoms with Crippen LogP contribution in [-0.4, -0.2) is 28.3 Å². The van der Waals surface area contributed by atoms with Crippen LogP contribution >= 0.6 is 24.0 Å². The van der Waals surface area contributed by atoms with E-state index < -0.39 is 0 Å². The molecule has 5 heteroatoms. The number of benzene rings is 2. The third kappa shape index (κ3) is 3.62. The van der Waals surface area contributed by atoms with E-state index in [9.17, 15) is 4.79 Å². The first-order valence-electron chi connectivity index (χ1n) is 8.16. The maximum atomic E-state index is 12.6. The third-order valence-corrected chi connectivity index (χ3v) is 5.23. The van der Waals surface area contributed by atoms with Crippen LogP contribution in [0.5, 0.6) is 5.75 Å². The van der Waals surface area contributed by atoms with Crippen LogP contribution in [0.1, 0.15) is 18.9 Å². The molecule has 3 nitrogen and oxygen atoms in total. The van der Waals surface area contributed by atoms with Gasteiger partial charge < -0.3 is 4.74 Å². The molecule has 1 saturated heterocycles. The number of thiocarbonyl (C=S) groups is 1. The Labute approximate surface area is 157 Å². The molecule has 128 valence electrons. The first kappa shape index (κ1) is 17.7. The Kier molecular flexibility index (Phi) is 5.56. The van der Waals surface area contributed by atoms with Crippen molar-refractivity contribution < 1.29 is 9.53 Å². The first-order valence-corrected chi connectivity index (χ1v) is 9.39. The fraction of sp³-hybridized carbons (Fsp3) is 0.200. The molecule has 2 aromatic rings. The molecule has 25 heavy (non-hydrogen) atoms. The average molecular weight is 370 g/mol. The number of ether oxygens (including phenoxy) is 1. The van der Waals surface area contributed by atoms with Crippen LogP contribution in [0.2, 0.25) is 0 Å². The van der Waals surface area contributed by atoms with Crippen LogP contribution in [0.4, 0.5) is 0 Å². The molecule has 3 rings (SSSR count). The summed E-state index contributed by atoms with van der Waals surface area (Å²) >= 11 is 6.65. The largest absolute Gasteiger partial charge is 0.493 e. The van der Waals surface area contributed by atoms with Gasteiger partial charge in [0.15, 0.2) is 0 Å². The van der Waals surface area contributed by atoms with Crippen molar-refractivity contribution in [2.24, 2.45) is 0 Å². The van der Waals surface area contributed by atoms with Crippen molar-refractivity contribution in [1.29, 1.82) is 0 Å². The highest BCUT2D eigenvalue weighted by atomic mass is 32.2. The summed E-state index contributed by atoms with van der Waals surface area (Å²) in [5, 5.41) is 2.17. The van der Waals surface area contributed by atoms with E-state index in [0.717, 1.165) is 28.5 Å². The van der Waals surface area contributed by atoms with Gasteiger partial charge in [0.05, 0.1) is 11.5 Å². The van der Waals surface area contributed by atoms with Gasteiger partial charge >= 0.3 is 0 Å². The molecule has 1 aliphatic rings. The molecule has 1 amide bonds. The fourth-order valence-electron chi connectivity index (χ4n) is 2.68. The minimum Gasteiger partial charge on any atom is -0.493 e. The average Bonchev–Trinajstić information content (AvgIpc) is 2.89. The number of carbonyl (C=O) groups excluding carboxylic acids is 1. The lowest BCUT2D eigenvalue weighted by Gasteiger charge is -2.12. The summed E-state index contributed by atoms with van der Waals surface area (Å²) in [5.41, 5.74) is 0.922. The standard InChI is InChI=1S/C20H19NO2S2/c1-3-11-21-19(22)18(25-20(21)24)13-16-15-8-6-5-7-14(15)9-10-17(16)23-12-4-2/h3,5-10,13H,1,4,11-12H2,2H3.